The SMILES string of the molecule is CC(=O)NCCCOCCOCCOCCOCC(CO)OC(=O)CCC(=O)O.[Ir]. The molecule has 0 bridgehead atoms. The molecule has 11 nitrogen and oxygen atoms in total. The number of rotatable bonds is 20. The average Bonchev–Trinajstić information content (AvgIpc) is 2.68. The average molecular weight is 616 g/mol. The van der Waals surface area contributed by atoms with E-state index in [0.29, 0.717) is 46.2 Å². The molecule has 0 aliphatic rings. The van der Waals surface area contributed by atoms with Crippen LogP contribution < -0.4 is 5.32 Å². The van der Waals surface area contributed by atoms with E-state index in [4.69, 9.17) is 33.9 Å². The first-order valence-electron chi connectivity index (χ1n) is 9.53. The van der Waals surface area contributed by atoms with Gasteiger partial charge in [-0.25, -0.2) is 0 Å². The summed E-state index contributed by atoms with van der Waals surface area (Å²) < 4.78 is 26.1. The van der Waals surface area contributed by atoms with Gasteiger partial charge in [0.1, 0.15) is 6.10 Å². The van der Waals surface area contributed by atoms with Gasteiger partial charge in [-0.2, -0.15) is 0 Å². The van der Waals surface area contributed by atoms with Crippen LogP contribution in [0.25, 0.3) is 0 Å². The van der Waals surface area contributed by atoms with E-state index in [1.165, 1.54) is 6.92 Å². The Morgan fingerprint density at radius 1 is 0.867 bits per heavy atom. The standard InChI is InChI=1S/C18H33NO10.Ir/c1-15(21)19-5-2-6-25-7-8-26-9-10-27-11-12-28-14-16(13-20)29-18(24)4-3-17(22)23;/h16,20H,2-14H2,1H3,(H,19,21)(H,22,23);. The number of aliphatic hydroxyl groups excluding tert-OH is 1. The molecule has 0 aromatic carbocycles. The van der Waals surface area contributed by atoms with Gasteiger partial charge in [0.2, 0.25) is 5.91 Å². The Bertz CT molecular complexity index is 453. The molecule has 1 atom stereocenters. The number of nitrogens with one attached hydrogen (secondary N) is 1. The molecule has 0 aliphatic heterocycles. The first-order valence-corrected chi connectivity index (χ1v) is 9.53. The third kappa shape index (κ3) is 23.1. The van der Waals surface area contributed by atoms with Crippen LogP contribution in [0.2, 0.25) is 0 Å². The molecule has 0 saturated carbocycles. The zero-order valence-electron chi connectivity index (χ0n) is 17.3. The van der Waals surface area contributed by atoms with Crippen LogP contribution in [0.4, 0.5) is 0 Å². The number of hydrogen-bond acceptors (Lipinski definition) is 9. The second-order valence-electron chi connectivity index (χ2n) is 5.94. The van der Waals surface area contributed by atoms with Crippen LogP contribution in [0, 0.1) is 0 Å². The van der Waals surface area contributed by atoms with Crippen molar-refractivity contribution >= 4 is 17.8 Å². The van der Waals surface area contributed by atoms with Crippen molar-refractivity contribution in [2.45, 2.75) is 32.3 Å². The summed E-state index contributed by atoms with van der Waals surface area (Å²) >= 11 is 0. The number of aliphatic hydroxyl groups is 1. The maximum absolute atomic E-state index is 11.4. The van der Waals surface area contributed by atoms with Crippen molar-refractivity contribution in [3.8, 4) is 0 Å². The summed E-state index contributed by atoms with van der Waals surface area (Å²) in [6.45, 7) is 4.49. The van der Waals surface area contributed by atoms with Gasteiger partial charge >= 0.3 is 11.9 Å². The number of ether oxygens (including phenoxy) is 5. The Labute approximate surface area is 190 Å². The second kappa shape index (κ2) is 22.5. The van der Waals surface area contributed by atoms with Gasteiger partial charge in [-0.3, -0.25) is 14.4 Å². The summed E-state index contributed by atoms with van der Waals surface area (Å²) in [6.07, 6.45) is -0.658. The summed E-state index contributed by atoms with van der Waals surface area (Å²) in [5.74, 6) is -1.84. The molecule has 1 amide bonds. The second-order valence-corrected chi connectivity index (χ2v) is 5.94. The molecule has 1 unspecified atom stereocenters. The number of carbonyl (C=O) groups excluding carboxylic acids is 2. The van der Waals surface area contributed by atoms with Crippen LogP contribution in [0.3, 0.4) is 0 Å². The van der Waals surface area contributed by atoms with Crippen LogP contribution in [0.1, 0.15) is 26.2 Å². The maximum Gasteiger partial charge on any atom is 0.306 e. The predicted octanol–water partition coefficient (Wildman–Crippen LogP) is -0.655. The fourth-order valence-electron chi connectivity index (χ4n) is 1.89. The third-order valence-corrected chi connectivity index (χ3v) is 3.30. The van der Waals surface area contributed by atoms with Gasteiger partial charge < -0.3 is 39.2 Å². The number of esters is 1. The van der Waals surface area contributed by atoms with Crippen LogP contribution >= 0.6 is 0 Å². The Balaban J connectivity index is 0. The summed E-state index contributed by atoms with van der Waals surface area (Å²) in [4.78, 5) is 32.4. The minimum atomic E-state index is -1.09. The molecule has 0 spiro atoms. The topological polar surface area (TPSA) is 150 Å². The van der Waals surface area contributed by atoms with Gasteiger partial charge in [-0.15, -0.1) is 0 Å². The molecule has 0 aromatic rings. The van der Waals surface area contributed by atoms with Crippen molar-refractivity contribution in [1.82, 2.24) is 5.32 Å². The van der Waals surface area contributed by atoms with E-state index >= 15 is 0 Å². The number of aliphatic carboxylic acids is 1. The van der Waals surface area contributed by atoms with E-state index in [-0.39, 0.29) is 52.1 Å². The molecule has 179 valence electrons. The summed E-state index contributed by atoms with van der Waals surface area (Å²) in [7, 11) is 0. The summed E-state index contributed by atoms with van der Waals surface area (Å²) in [5, 5.41) is 20.3. The smallest absolute Gasteiger partial charge is 0.306 e. The monoisotopic (exact) mass is 616 g/mol. The molecule has 1 radical (unpaired) electrons. The minimum absolute atomic E-state index is 0. The van der Waals surface area contributed by atoms with Crippen LogP contribution in [0.15, 0.2) is 0 Å². The van der Waals surface area contributed by atoms with Crippen molar-refractivity contribution in [2.24, 2.45) is 0 Å². The Kier molecular flexibility index (Phi) is 23.3. The maximum atomic E-state index is 11.4. The van der Waals surface area contributed by atoms with Crippen molar-refractivity contribution in [3.63, 3.8) is 0 Å². The predicted molar refractivity (Wildman–Crippen MR) is 100 cm³/mol. The molecule has 0 rings (SSSR count). The molecule has 30 heavy (non-hydrogen) atoms. The number of carboxylic acids is 1. The van der Waals surface area contributed by atoms with Crippen LogP contribution in [0.5, 0.6) is 0 Å². The molecular weight excluding hydrogens is 582 g/mol. The van der Waals surface area contributed by atoms with E-state index in [1.807, 2.05) is 0 Å². The van der Waals surface area contributed by atoms with Crippen molar-refractivity contribution < 1.29 is 68.4 Å². The zero-order chi connectivity index (χ0) is 21.7. The first-order chi connectivity index (χ1) is 14.0. The minimum Gasteiger partial charge on any atom is -0.481 e. The van der Waals surface area contributed by atoms with E-state index in [1.54, 1.807) is 0 Å². The van der Waals surface area contributed by atoms with Crippen LogP contribution in [-0.4, -0.2) is 100 Å². The normalized spacial score (nSPS) is 11.4. The van der Waals surface area contributed by atoms with E-state index < -0.39 is 24.6 Å². The number of carbonyl (C=O) groups is 3. The number of hydrogen-bond donors (Lipinski definition) is 3. The van der Waals surface area contributed by atoms with Gasteiger partial charge in [0.15, 0.2) is 0 Å². The fraction of sp³-hybridized carbons (Fsp3) is 0.833. The van der Waals surface area contributed by atoms with E-state index in [0.717, 1.165) is 6.42 Å². The number of amides is 1. The van der Waals surface area contributed by atoms with E-state index in [2.05, 4.69) is 5.32 Å². The van der Waals surface area contributed by atoms with Crippen molar-refractivity contribution in [2.75, 3.05) is 66.0 Å². The van der Waals surface area contributed by atoms with Gasteiger partial charge in [-0.1, -0.05) is 0 Å². The number of carboxylic acid groups (broad SMARTS) is 1. The molecule has 0 heterocycles. The molecular formula is C18H33IrNO10. The third-order valence-electron chi connectivity index (χ3n) is 3.30. The molecule has 0 aromatic heterocycles. The first kappa shape index (κ1) is 31.0. The molecule has 0 aliphatic carbocycles. The van der Waals surface area contributed by atoms with Gasteiger partial charge in [0.25, 0.3) is 0 Å². The Hall–Kier alpha value is -1.14. The zero-order valence-corrected chi connectivity index (χ0v) is 19.7. The van der Waals surface area contributed by atoms with Crippen molar-refractivity contribution in [1.29, 1.82) is 0 Å². The Morgan fingerprint density at radius 3 is 1.90 bits per heavy atom. The van der Waals surface area contributed by atoms with E-state index in [9.17, 15) is 14.4 Å². The molecule has 12 heteroatoms. The van der Waals surface area contributed by atoms with Gasteiger partial charge in [0, 0.05) is 40.2 Å². The van der Waals surface area contributed by atoms with Crippen LogP contribution in [-0.2, 0) is 58.2 Å². The van der Waals surface area contributed by atoms with Gasteiger partial charge in [0.05, 0.1) is 65.7 Å². The van der Waals surface area contributed by atoms with Crippen molar-refractivity contribution in [3.05, 3.63) is 0 Å². The summed E-state index contributed by atoms with van der Waals surface area (Å²) in [5.41, 5.74) is 0. The van der Waals surface area contributed by atoms with Gasteiger partial charge in [-0.05, 0) is 6.42 Å². The fourth-order valence-corrected chi connectivity index (χ4v) is 1.89. The largest absolute Gasteiger partial charge is 0.481 e. The molecule has 0 fully saturated rings. The molecule has 3 N–H and O–H groups in total. The molecule has 0 saturated heterocycles. The summed E-state index contributed by atoms with van der Waals surface area (Å²) in [6, 6.07) is 0. The Morgan fingerprint density at radius 2 is 1.40 bits per heavy atom. The quantitative estimate of drug-likeness (QED) is 0.119.